The van der Waals surface area contributed by atoms with Crippen LogP contribution in [0, 0.1) is 23.7 Å². The third-order valence-corrected chi connectivity index (χ3v) is 8.50. The van der Waals surface area contributed by atoms with Gasteiger partial charge in [-0.25, -0.2) is 4.79 Å². The van der Waals surface area contributed by atoms with Gasteiger partial charge >= 0.3 is 11.9 Å². The van der Waals surface area contributed by atoms with E-state index in [1.165, 1.54) is 0 Å². The van der Waals surface area contributed by atoms with Crippen LogP contribution < -0.4 is 0 Å². The molecule has 0 aromatic rings. The maximum atomic E-state index is 13.1. The van der Waals surface area contributed by atoms with Crippen molar-refractivity contribution in [3.8, 4) is 0 Å². The van der Waals surface area contributed by atoms with Crippen molar-refractivity contribution in [1.29, 1.82) is 0 Å². The fraction of sp³-hybridized carbons (Fsp3) is 0.769. The van der Waals surface area contributed by atoms with E-state index in [9.17, 15) is 40.2 Å². The summed E-state index contributed by atoms with van der Waals surface area (Å²) in [6.45, 7) is 4.14. The van der Waals surface area contributed by atoms with Crippen LogP contribution in [0.15, 0.2) is 23.5 Å². The molecule has 0 bridgehead atoms. The Labute approximate surface area is 225 Å². The quantitative estimate of drug-likeness (QED) is 0.172. The van der Waals surface area contributed by atoms with Crippen molar-refractivity contribution in [2.24, 2.45) is 23.7 Å². The number of carbonyl (C=O) groups is 2. The smallest absolute Gasteiger partial charge is 0.337 e. The molecule has 0 aromatic heterocycles. The lowest BCUT2D eigenvalue weighted by atomic mass is 9.77. The molecule has 0 aromatic carbocycles. The van der Waals surface area contributed by atoms with E-state index in [0.29, 0.717) is 12.0 Å². The summed E-state index contributed by atoms with van der Waals surface area (Å²) in [5, 5.41) is 62.0. The number of hydrogen-bond donors (Lipinski definition) is 6. The van der Waals surface area contributed by atoms with Crippen LogP contribution in [0.1, 0.15) is 33.6 Å². The second-order valence-electron chi connectivity index (χ2n) is 10.8. The van der Waals surface area contributed by atoms with E-state index in [0.717, 1.165) is 6.26 Å². The predicted octanol–water partition coefficient (Wildman–Crippen LogP) is -1.52. The Morgan fingerprint density at radius 1 is 1.08 bits per heavy atom. The number of aliphatic hydroxyl groups excluding tert-OH is 5. The Hall–Kier alpha value is -2.10. The summed E-state index contributed by atoms with van der Waals surface area (Å²) in [5.41, 5.74) is -1.32. The summed E-state index contributed by atoms with van der Waals surface area (Å²) in [4.78, 5) is 26.1. The summed E-state index contributed by atoms with van der Waals surface area (Å²) in [6.07, 6.45) is -7.38. The molecule has 3 aliphatic heterocycles. The average Bonchev–Trinajstić information content (AvgIpc) is 3.13. The number of allylic oxidation sites excluding steroid dienone is 1. The zero-order valence-electron chi connectivity index (χ0n) is 22.1. The van der Waals surface area contributed by atoms with Crippen molar-refractivity contribution < 1.29 is 63.9 Å². The minimum absolute atomic E-state index is 0.00893. The molecule has 1 aliphatic carbocycles. The molecule has 0 unspecified atom stereocenters. The summed E-state index contributed by atoms with van der Waals surface area (Å²) < 4.78 is 27.8. The molecule has 39 heavy (non-hydrogen) atoms. The summed E-state index contributed by atoms with van der Waals surface area (Å²) in [6, 6.07) is 0. The molecule has 4 rings (SSSR count). The Morgan fingerprint density at radius 2 is 1.79 bits per heavy atom. The minimum Gasteiger partial charge on any atom is -0.468 e. The van der Waals surface area contributed by atoms with E-state index in [1.54, 1.807) is 19.9 Å². The third-order valence-electron chi connectivity index (χ3n) is 8.50. The number of esters is 2. The fourth-order valence-corrected chi connectivity index (χ4v) is 6.03. The summed E-state index contributed by atoms with van der Waals surface area (Å²) in [5.74, 6) is -3.77. The topological polar surface area (TPSA) is 202 Å². The van der Waals surface area contributed by atoms with E-state index < -0.39 is 85.0 Å². The van der Waals surface area contributed by atoms with E-state index in [-0.39, 0.29) is 31.1 Å². The number of fused-ring (bicyclic) bond motifs is 2. The molecule has 1 saturated carbocycles. The molecule has 0 amide bonds. The zero-order valence-corrected chi connectivity index (χ0v) is 22.1. The molecule has 13 nitrogen and oxygen atoms in total. The normalized spacial score (nSPS) is 46.5. The van der Waals surface area contributed by atoms with Crippen molar-refractivity contribution in [2.45, 2.75) is 82.3 Å². The molecule has 12 atom stereocenters. The fourth-order valence-electron chi connectivity index (χ4n) is 6.03. The average molecular weight is 559 g/mol. The van der Waals surface area contributed by atoms with E-state index in [4.69, 9.17) is 23.7 Å². The second kappa shape index (κ2) is 11.8. The van der Waals surface area contributed by atoms with Gasteiger partial charge in [0.25, 0.3) is 0 Å². The number of aliphatic hydroxyl groups is 6. The van der Waals surface area contributed by atoms with Crippen molar-refractivity contribution in [3.63, 3.8) is 0 Å². The standard InChI is InChI=1S/C26H38O13/c1-4-13-14-6-19(29)35-10-16-11(2)5-18(28)26(16,34)12(3)8-36-23(33)15(14)9-37-24(13)39-25-22(32)21(31)20(30)17(7-27)38-25/h4,9,11-12,14,16-18,20-22,24-25,27-28,30-32,34H,5-8,10H2,1-3H3/b13-4+/t11-,12-,14-,16+,17+,18-,20+,21-,22+,24-,25+,26+/m0/s1. The van der Waals surface area contributed by atoms with Crippen LogP contribution in [0.5, 0.6) is 0 Å². The van der Waals surface area contributed by atoms with Gasteiger partial charge in [-0.15, -0.1) is 0 Å². The molecule has 3 fully saturated rings. The molecule has 4 aliphatic rings. The highest BCUT2D eigenvalue weighted by Crippen LogP contribution is 2.46. The Balaban J connectivity index is 1.58. The predicted molar refractivity (Wildman–Crippen MR) is 129 cm³/mol. The van der Waals surface area contributed by atoms with Crippen LogP contribution >= 0.6 is 0 Å². The molecule has 3 heterocycles. The van der Waals surface area contributed by atoms with Gasteiger partial charge in [-0.05, 0) is 19.3 Å². The first-order chi connectivity index (χ1) is 18.4. The van der Waals surface area contributed by atoms with Gasteiger partial charge in [0.05, 0.1) is 44.2 Å². The van der Waals surface area contributed by atoms with Gasteiger partial charge in [-0.1, -0.05) is 19.9 Å². The van der Waals surface area contributed by atoms with Crippen molar-refractivity contribution in [1.82, 2.24) is 0 Å². The van der Waals surface area contributed by atoms with Crippen LogP contribution in [-0.2, 0) is 33.3 Å². The molecule has 2 saturated heterocycles. The SMILES string of the molecule is C/C=C1/[C@H](O[C@H]2O[C@H](CO)[C@@H](O)[C@H](O)[C@H]2O)OC=C2C(=O)OC[C@H](C)[C@@]3(O)[C@H](COC(=O)C[C@H]21)[C@@H](C)C[C@@H]3O. The molecule has 0 spiro atoms. The summed E-state index contributed by atoms with van der Waals surface area (Å²) >= 11 is 0. The lowest BCUT2D eigenvalue weighted by Gasteiger charge is -2.42. The van der Waals surface area contributed by atoms with Gasteiger partial charge in [-0.3, -0.25) is 4.79 Å². The highest BCUT2D eigenvalue weighted by molar-refractivity contribution is 5.91. The molecular weight excluding hydrogens is 520 g/mol. The van der Waals surface area contributed by atoms with Crippen LogP contribution in [0.25, 0.3) is 0 Å². The van der Waals surface area contributed by atoms with Gasteiger partial charge in [0.2, 0.25) is 6.29 Å². The van der Waals surface area contributed by atoms with Gasteiger partial charge in [0.1, 0.15) is 30.0 Å². The van der Waals surface area contributed by atoms with Crippen molar-refractivity contribution in [2.75, 3.05) is 19.8 Å². The third kappa shape index (κ3) is 5.46. The Bertz CT molecular complexity index is 979. The first-order valence-corrected chi connectivity index (χ1v) is 13.1. The molecular formula is C26H38O13. The van der Waals surface area contributed by atoms with E-state index >= 15 is 0 Å². The zero-order chi connectivity index (χ0) is 28.6. The Morgan fingerprint density at radius 3 is 2.46 bits per heavy atom. The van der Waals surface area contributed by atoms with Gasteiger partial charge in [0.15, 0.2) is 6.29 Å². The van der Waals surface area contributed by atoms with Gasteiger partial charge in [0, 0.05) is 23.3 Å². The number of carbonyl (C=O) groups excluding carboxylic acids is 2. The summed E-state index contributed by atoms with van der Waals surface area (Å²) in [7, 11) is 0. The van der Waals surface area contributed by atoms with Crippen molar-refractivity contribution >= 4 is 11.9 Å². The molecule has 0 radical (unpaired) electrons. The van der Waals surface area contributed by atoms with Crippen LogP contribution in [-0.4, -0.2) is 111 Å². The Kier molecular flexibility index (Phi) is 9.03. The maximum Gasteiger partial charge on any atom is 0.337 e. The number of hydrogen-bond acceptors (Lipinski definition) is 13. The number of rotatable bonds is 3. The lowest BCUT2D eigenvalue weighted by molar-refractivity contribution is -0.327. The molecule has 220 valence electrons. The van der Waals surface area contributed by atoms with E-state index in [2.05, 4.69) is 0 Å². The van der Waals surface area contributed by atoms with Crippen LogP contribution in [0.2, 0.25) is 0 Å². The highest BCUT2D eigenvalue weighted by atomic mass is 16.8. The highest BCUT2D eigenvalue weighted by Gasteiger charge is 2.56. The first kappa shape index (κ1) is 29.9. The van der Waals surface area contributed by atoms with Gasteiger partial charge < -0.3 is 54.3 Å². The lowest BCUT2D eigenvalue weighted by Crippen LogP contribution is -2.60. The maximum absolute atomic E-state index is 13.1. The van der Waals surface area contributed by atoms with Gasteiger partial charge in [-0.2, -0.15) is 0 Å². The van der Waals surface area contributed by atoms with Crippen LogP contribution in [0.3, 0.4) is 0 Å². The van der Waals surface area contributed by atoms with Crippen molar-refractivity contribution in [3.05, 3.63) is 23.5 Å². The second-order valence-corrected chi connectivity index (χ2v) is 10.8. The minimum atomic E-state index is -1.69. The molecule has 6 N–H and O–H groups in total. The number of ether oxygens (including phenoxy) is 5. The van der Waals surface area contributed by atoms with E-state index in [1.807, 2.05) is 6.92 Å². The number of cyclic esters (lactones) is 2. The first-order valence-electron chi connectivity index (χ1n) is 13.1. The monoisotopic (exact) mass is 558 g/mol. The van der Waals surface area contributed by atoms with Crippen LogP contribution in [0.4, 0.5) is 0 Å². The largest absolute Gasteiger partial charge is 0.468 e. The molecule has 13 heteroatoms.